The van der Waals surface area contributed by atoms with E-state index < -0.39 is 0 Å². The SMILES string of the molecule is N[C@]1(Cc2nc3ccccc3[nH]2)CC[C@@H](NC2CCCc3cccnc32)CC1. The molecule has 1 aromatic carbocycles. The van der Waals surface area contributed by atoms with Gasteiger partial charge in [-0.05, 0) is 68.7 Å². The van der Waals surface area contributed by atoms with Crippen molar-refractivity contribution in [1.29, 1.82) is 0 Å². The van der Waals surface area contributed by atoms with Crippen molar-refractivity contribution in [2.75, 3.05) is 0 Å². The van der Waals surface area contributed by atoms with Crippen LogP contribution in [0, 0.1) is 0 Å². The molecule has 4 N–H and O–H groups in total. The van der Waals surface area contributed by atoms with Crippen LogP contribution in [0.2, 0.25) is 0 Å². The first-order valence-corrected chi connectivity index (χ1v) is 10.6. The first-order valence-electron chi connectivity index (χ1n) is 10.6. The number of aromatic nitrogens is 3. The summed E-state index contributed by atoms with van der Waals surface area (Å²) in [6.45, 7) is 0. The molecule has 0 amide bonds. The molecule has 2 aliphatic rings. The number of fused-ring (bicyclic) bond motifs is 2. The molecule has 146 valence electrons. The molecule has 2 aliphatic carbocycles. The Morgan fingerprint density at radius 2 is 1.96 bits per heavy atom. The van der Waals surface area contributed by atoms with Gasteiger partial charge in [0.25, 0.3) is 0 Å². The van der Waals surface area contributed by atoms with Gasteiger partial charge in [-0.1, -0.05) is 18.2 Å². The van der Waals surface area contributed by atoms with E-state index in [1.165, 1.54) is 24.1 Å². The number of rotatable bonds is 4. The summed E-state index contributed by atoms with van der Waals surface area (Å²) in [5, 5.41) is 3.90. The van der Waals surface area contributed by atoms with Crippen LogP contribution in [0.15, 0.2) is 42.6 Å². The van der Waals surface area contributed by atoms with Crippen molar-refractivity contribution >= 4 is 11.0 Å². The molecule has 1 fully saturated rings. The fourth-order valence-corrected chi connectivity index (χ4v) is 5.02. The molecular formula is C23H29N5. The third-order valence-corrected chi connectivity index (χ3v) is 6.57. The highest BCUT2D eigenvalue weighted by atomic mass is 15.0. The highest BCUT2D eigenvalue weighted by molar-refractivity contribution is 5.74. The van der Waals surface area contributed by atoms with E-state index in [2.05, 4.69) is 39.6 Å². The predicted octanol–water partition coefficient (Wildman–Crippen LogP) is 3.81. The molecule has 3 aromatic rings. The Morgan fingerprint density at radius 1 is 1.11 bits per heavy atom. The standard InChI is InChI=1S/C23H29N5/c24-23(15-21-27-18-7-1-2-8-19(18)28-21)12-10-17(11-13-23)26-20-9-3-5-16-6-4-14-25-22(16)20/h1-2,4,6-8,14,17,20,26H,3,5,9-13,15,24H2,(H,27,28)/t17-,20?,23-. The first-order chi connectivity index (χ1) is 13.7. The van der Waals surface area contributed by atoms with Gasteiger partial charge in [0, 0.05) is 30.2 Å². The lowest BCUT2D eigenvalue weighted by Crippen LogP contribution is -2.49. The zero-order valence-corrected chi connectivity index (χ0v) is 16.3. The number of hydrogen-bond acceptors (Lipinski definition) is 4. The molecule has 0 bridgehead atoms. The number of aromatic amines is 1. The van der Waals surface area contributed by atoms with Gasteiger partial charge < -0.3 is 16.0 Å². The maximum Gasteiger partial charge on any atom is 0.109 e. The van der Waals surface area contributed by atoms with Crippen LogP contribution in [0.4, 0.5) is 0 Å². The molecule has 0 aliphatic heterocycles. The second kappa shape index (κ2) is 7.30. The minimum atomic E-state index is -0.158. The topological polar surface area (TPSA) is 79.6 Å². The molecule has 1 unspecified atom stereocenters. The van der Waals surface area contributed by atoms with Crippen molar-refractivity contribution in [3.8, 4) is 0 Å². The number of nitrogens with zero attached hydrogens (tertiary/aromatic N) is 2. The van der Waals surface area contributed by atoms with Crippen molar-refractivity contribution in [2.45, 2.75) is 69.0 Å². The van der Waals surface area contributed by atoms with Crippen molar-refractivity contribution in [1.82, 2.24) is 20.3 Å². The van der Waals surface area contributed by atoms with Crippen LogP contribution in [0.1, 0.15) is 61.6 Å². The van der Waals surface area contributed by atoms with Crippen molar-refractivity contribution in [3.05, 3.63) is 59.7 Å². The van der Waals surface area contributed by atoms with Gasteiger partial charge in [0.05, 0.1) is 16.7 Å². The van der Waals surface area contributed by atoms with Crippen LogP contribution in [-0.4, -0.2) is 26.5 Å². The normalized spacial score (nSPS) is 27.6. The summed E-state index contributed by atoms with van der Waals surface area (Å²) in [6, 6.07) is 13.4. The van der Waals surface area contributed by atoms with Crippen LogP contribution < -0.4 is 11.1 Å². The second-order valence-electron chi connectivity index (χ2n) is 8.67. The fourth-order valence-electron chi connectivity index (χ4n) is 5.02. The molecule has 5 nitrogen and oxygen atoms in total. The van der Waals surface area contributed by atoms with Gasteiger partial charge in [-0.2, -0.15) is 0 Å². The summed E-state index contributed by atoms with van der Waals surface area (Å²) in [7, 11) is 0. The number of hydrogen-bond donors (Lipinski definition) is 3. The first kappa shape index (κ1) is 17.8. The maximum absolute atomic E-state index is 6.78. The molecule has 5 rings (SSSR count). The van der Waals surface area contributed by atoms with E-state index in [-0.39, 0.29) is 5.54 Å². The van der Waals surface area contributed by atoms with E-state index in [1.807, 2.05) is 18.3 Å². The number of para-hydroxylation sites is 2. The van der Waals surface area contributed by atoms with Crippen LogP contribution in [0.25, 0.3) is 11.0 Å². The number of nitrogens with two attached hydrogens (primary N) is 1. The van der Waals surface area contributed by atoms with Crippen molar-refractivity contribution in [3.63, 3.8) is 0 Å². The highest BCUT2D eigenvalue weighted by Gasteiger charge is 2.34. The number of benzene rings is 1. The second-order valence-corrected chi connectivity index (χ2v) is 8.67. The Bertz CT molecular complexity index is 921. The smallest absolute Gasteiger partial charge is 0.109 e. The summed E-state index contributed by atoms with van der Waals surface area (Å²) in [4.78, 5) is 12.8. The minimum Gasteiger partial charge on any atom is -0.342 e. The van der Waals surface area contributed by atoms with Crippen LogP contribution >= 0.6 is 0 Å². The van der Waals surface area contributed by atoms with Crippen LogP contribution in [-0.2, 0) is 12.8 Å². The van der Waals surface area contributed by atoms with E-state index in [0.717, 1.165) is 55.4 Å². The van der Waals surface area contributed by atoms with Gasteiger partial charge in [-0.3, -0.25) is 4.98 Å². The lowest BCUT2D eigenvalue weighted by atomic mass is 9.77. The molecule has 28 heavy (non-hydrogen) atoms. The lowest BCUT2D eigenvalue weighted by Gasteiger charge is -2.39. The largest absolute Gasteiger partial charge is 0.342 e. The van der Waals surface area contributed by atoms with Crippen LogP contribution in [0.5, 0.6) is 0 Å². The van der Waals surface area contributed by atoms with Gasteiger partial charge in [0.2, 0.25) is 0 Å². The summed E-state index contributed by atoms with van der Waals surface area (Å²) in [5.41, 5.74) is 11.4. The minimum absolute atomic E-state index is 0.158. The highest BCUT2D eigenvalue weighted by Crippen LogP contribution is 2.33. The molecule has 0 saturated heterocycles. The van der Waals surface area contributed by atoms with E-state index in [9.17, 15) is 0 Å². The number of aryl methyl sites for hydroxylation is 1. The Balaban J connectivity index is 1.21. The van der Waals surface area contributed by atoms with Gasteiger partial charge in [-0.15, -0.1) is 0 Å². The zero-order chi connectivity index (χ0) is 19.0. The summed E-state index contributed by atoms with van der Waals surface area (Å²) in [5.74, 6) is 1.01. The monoisotopic (exact) mass is 375 g/mol. The third kappa shape index (κ3) is 3.56. The molecule has 2 aromatic heterocycles. The summed E-state index contributed by atoms with van der Waals surface area (Å²) < 4.78 is 0. The lowest BCUT2D eigenvalue weighted by molar-refractivity contribution is 0.228. The number of nitrogens with one attached hydrogen (secondary N) is 2. The van der Waals surface area contributed by atoms with E-state index in [4.69, 9.17) is 10.7 Å². The number of H-pyrrole nitrogens is 1. The third-order valence-electron chi connectivity index (χ3n) is 6.57. The van der Waals surface area contributed by atoms with Crippen molar-refractivity contribution in [2.24, 2.45) is 5.73 Å². The summed E-state index contributed by atoms with van der Waals surface area (Å²) in [6.07, 6.45) is 10.6. The molecule has 1 saturated carbocycles. The quantitative estimate of drug-likeness (QED) is 0.648. The molecular weight excluding hydrogens is 346 g/mol. The van der Waals surface area contributed by atoms with Gasteiger partial charge in [-0.25, -0.2) is 4.98 Å². The molecule has 0 radical (unpaired) electrons. The molecule has 1 atom stereocenters. The summed E-state index contributed by atoms with van der Waals surface area (Å²) >= 11 is 0. The maximum atomic E-state index is 6.78. The average Bonchev–Trinajstić information content (AvgIpc) is 3.12. The van der Waals surface area contributed by atoms with Crippen molar-refractivity contribution < 1.29 is 0 Å². The molecule has 5 heteroatoms. The van der Waals surface area contributed by atoms with Gasteiger partial charge >= 0.3 is 0 Å². The predicted molar refractivity (Wildman–Crippen MR) is 112 cm³/mol. The zero-order valence-electron chi connectivity index (χ0n) is 16.3. The Kier molecular flexibility index (Phi) is 4.65. The Morgan fingerprint density at radius 3 is 2.82 bits per heavy atom. The Hall–Kier alpha value is -2.24. The number of pyridine rings is 1. The Labute approximate surface area is 166 Å². The fraction of sp³-hybridized carbons (Fsp3) is 0.478. The van der Waals surface area contributed by atoms with Gasteiger partial charge in [0.1, 0.15) is 5.82 Å². The average molecular weight is 376 g/mol. The van der Waals surface area contributed by atoms with Gasteiger partial charge in [0.15, 0.2) is 0 Å². The van der Waals surface area contributed by atoms with Crippen LogP contribution in [0.3, 0.4) is 0 Å². The van der Waals surface area contributed by atoms with E-state index in [1.54, 1.807) is 0 Å². The molecule has 2 heterocycles. The molecule has 0 spiro atoms. The van der Waals surface area contributed by atoms with E-state index in [0.29, 0.717) is 12.1 Å². The van der Waals surface area contributed by atoms with E-state index >= 15 is 0 Å². The number of imidazole rings is 1.